The molecule has 1 aliphatic rings. The average Bonchev–Trinajstić information content (AvgIpc) is 2.25. The Morgan fingerprint density at radius 3 is 2.53 bits per heavy atom. The van der Waals surface area contributed by atoms with Crippen LogP contribution < -0.4 is 5.32 Å². The largest absolute Gasteiger partial charge is 0.376 e. The molecule has 0 unspecified atom stereocenters. The molecule has 1 heterocycles. The Morgan fingerprint density at radius 2 is 2.12 bits per heavy atom. The minimum atomic E-state index is -0.435. The van der Waals surface area contributed by atoms with Crippen molar-refractivity contribution in [2.75, 3.05) is 18.5 Å². The zero-order valence-corrected chi connectivity index (χ0v) is 10.2. The zero-order chi connectivity index (χ0) is 12.3. The lowest BCUT2D eigenvalue weighted by Gasteiger charge is -2.34. The Labute approximate surface area is 104 Å². The molecule has 0 radical (unpaired) electrons. The van der Waals surface area contributed by atoms with Gasteiger partial charge in [0.15, 0.2) is 4.75 Å². The van der Waals surface area contributed by atoms with Crippen molar-refractivity contribution in [3.05, 3.63) is 24.3 Å². The summed E-state index contributed by atoms with van der Waals surface area (Å²) in [5.41, 5.74) is 0.762. The van der Waals surface area contributed by atoms with Gasteiger partial charge in [-0.1, -0.05) is 11.8 Å². The van der Waals surface area contributed by atoms with Crippen LogP contribution in [0.5, 0.6) is 0 Å². The van der Waals surface area contributed by atoms with Crippen LogP contribution in [0.25, 0.3) is 0 Å². The number of nitrogens with one attached hydrogen (secondary N) is 1. The number of amides is 1. The Kier molecular flexibility index (Phi) is 3.36. The fourth-order valence-corrected chi connectivity index (χ4v) is 2.52. The number of carbonyl (C=O) groups excluding carboxylic acids is 1. The van der Waals surface area contributed by atoms with Gasteiger partial charge >= 0.3 is 0 Å². The van der Waals surface area contributed by atoms with Gasteiger partial charge in [-0.25, -0.2) is 0 Å². The lowest BCUT2D eigenvalue weighted by atomic mass is 10.1. The number of hydrogen-bond donors (Lipinski definition) is 1. The zero-order valence-electron chi connectivity index (χ0n) is 9.40. The molecule has 2 rings (SSSR count). The van der Waals surface area contributed by atoms with Crippen molar-refractivity contribution < 1.29 is 9.53 Å². The van der Waals surface area contributed by atoms with E-state index in [9.17, 15) is 4.79 Å². The van der Waals surface area contributed by atoms with Crippen molar-refractivity contribution in [2.24, 2.45) is 0 Å². The van der Waals surface area contributed by atoms with Gasteiger partial charge in [0.2, 0.25) is 5.91 Å². The van der Waals surface area contributed by atoms with Crippen LogP contribution in [0.2, 0.25) is 0 Å². The molecule has 4 nitrogen and oxygen atoms in total. The molecule has 88 valence electrons. The molecular formula is C12H12N2O2S. The Balaban J connectivity index is 2.03. The van der Waals surface area contributed by atoms with Crippen LogP contribution in [-0.4, -0.2) is 23.9 Å². The van der Waals surface area contributed by atoms with E-state index in [0.29, 0.717) is 13.2 Å². The Hall–Kier alpha value is -1.51. The normalized spacial score (nSPS) is 16.7. The van der Waals surface area contributed by atoms with Gasteiger partial charge in [0.25, 0.3) is 0 Å². The monoisotopic (exact) mass is 248 g/mol. The summed E-state index contributed by atoms with van der Waals surface area (Å²) in [6.07, 6.45) is 0. The molecule has 0 aromatic heterocycles. The topological polar surface area (TPSA) is 62.1 Å². The van der Waals surface area contributed by atoms with E-state index in [2.05, 4.69) is 11.4 Å². The van der Waals surface area contributed by atoms with Crippen molar-refractivity contribution in [3.8, 4) is 6.07 Å². The van der Waals surface area contributed by atoms with Crippen LogP contribution in [0.4, 0.5) is 5.69 Å². The predicted octanol–water partition coefficient (Wildman–Crippen LogP) is 2.03. The molecule has 5 heteroatoms. The minimum absolute atomic E-state index is 0.0914. The van der Waals surface area contributed by atoms with Gasteiger partial charge in [0.1, 0.15) is 0 Å². The number of rotatable bonds is 3. The number of anilines is 1. The van der Waals surface area contributed by atoms with Crippen LogP contribution in [0.15, 0.2) is 29.2 Å². The van der Waals surface area contributed by atoms with Crippen LogP contribution in [0.1, 0.15) is 6.92 Å². The molecule has 1 amide bonds. The number of benzene rings is 1. The van der Waals surface area contributed by atoms with Gasteiger partial charge in [0, 0.05) is 17.5 Å². The van der Waals surface area contributed by atoms with Gasteiger partial charge in [-0.3, -0.25) is 4.79 Å². The third kappa shape index (κ3) is 2.78. The highest BCUT2D eigenvalue weighted by molar-refractivity contribution is 8.01. The summed E-state index contributed by atoms with van der Waals surface area (Å²) < 4.78 is 4.64. The van der Waals surface area contributed by atoms with Gasteiger partial charge in [-0.2, -0.15) is 5.26 Å². The van der Waals surface area contributed by atoms with Crippen LogP contribution >= 0.6 is 11.8 Å². The van der Waals surface area contributed by atoms with E-state index in [1.165, 1.54) is 18.7 Å². The van der Waals surface area contributed by atoms with Gasteiger partial charge in [-0.05, 0) is 24.3 Å². The number of ether oxygens (including phenoxy) is 1. The van der Waals surface area contributed by atoms with E-state index in [1.54, 1.807) is 0 Å². The summed E-state index contributed by atoms with van der Waals surface area (Å²) in [5, 5.41) is 11.8. The van der Waals surface area contributed by atoms with Crippen molar-refractivity contribution in [1.82, 2.24) is 0 Å². The molecular weight excluding hydrogens is 236 g/mol. The maximum atomic E-state index is 10.9. The smallest absolute Gasteiger partial charge is 0.221 e. The summed E-state index contributed by atoms with van der Waals surface area (Å²) in [4.78, 5) is 11.9. The van der Waals surface area contributed by atoms with Gasteiger partial charge in [0.05, 0.1) is 19.3 Å². The molecule has 1 aromatic carbocycles. The quantitative estimate of drug-likeness (QED) is 0.889. The maximum absolute atomic E-state index is 10.9. The summed E-state index contributed by atoms with van der Waals surface area (Å²) in [7, 11) is 0. The van der Waals surface area contributed by atoms with E-state index < -0.39 is 4.75 Å². The minimum Gasteiger partial charge on any atom is -0.376 e. The molecule has 0 atom stereocenters. The second-order valence-electron chi connectivity index (χ2n) is 3.91. The standard InChI is InChI=1S/C12H12N2O2S/c1-9(15)14-10-2-4-11(5-3-10)17-12(6-13)7-16-8-12/h2-5H,7-8H2,1H3,(H,14,15). The van der Waals surface area contributed by atoms with E-state index in [0.717, 1.165) is 10.6 Å². The first-order chi connectivity index (χ1) is 8.13. The van der Waals surface area contributed by atoms with Gasteiger partial charge < -0.3 is 10.1 Å². The van der Waals surface area contributed by atoms with E-state index >= 15 is 0 Å². The number of nitriles is 1. The first-order valence-corrected chi connectivity index (χ1v) is 6.01. The van der Waals surface area contributed by atoms with Crippen molar-refractivity contribution in [1.29, 1.82) is 5.26 Å². The third-order valence-electron chi connectivity index (χ3n) is 2.36. The van der Waals surface area contributed by atoms with Crippen LogP contribution in [-0.2, 0) is 9.53 Å². The Morgan fingerprint density at radius 1 is 1.47 bits per heavy atom. The fourth-order valence-electron chi connectivity index (χ4n) is 1.47. The van der Waals surface area contributed by atoms with E-state index in [-0.39, 0.29) is 5.91 Å². The highest BCUT2D eigenvalue weighted by Crippen LogP contribution is 2.38. The Bertz CT molecular complexity index is 460. The van der Waals surface area contributed by atoms with Crippen molar-refractivity contribution in [2.45, 2.75) is 16.6 Å². The number of nitrogens with zero attached hydrogens (tertiary/aromatic N) is 1. The average molecular weight is 248 g/mol. The highest BCUT2D eigenvalue weighted by Gasteiger charge is 2.40. The fraction of sp³-hybridized carbons (Fsp3) is 0.333. The predicted molar refractivity (Wildman–Crippen MR) is 65.8 cm³/mol. The SMILES string of the molecule is CC(=O)Nc1ccc(SC2(C#N)COC2)cc1. The van der Waals surface area contributed by atoms with Crippen molar-refractivity contribution >= 4 is 23.4 Å². The maximum Gasteiger partial charge on any atom is 0.221 e. The second kappa shape index (κ2) is 4.78. The lowest BCUT2D eigenvalue weighted by molar-refractivity contribution is -0.114. The molecule has 1 aromatic rings. The van der Waals surface area contributed by atoms with Crippen molar-refractivity contribution in [3.63, 3.8) is 0 Å². The molecule has 0 bridgehead atoms. The van der Waals surface area contributed by atoms with Crippen LogP contribution in [0.3, 0.4) is 0 Å². The molecule has 0 aliphatic carbocycles. The van der Waals surface area contributed by atoms with Gasteiger partial charge in [-0.15, -0.1) is 0 Å². The molecule has 1 aliphatic heterocycles. The number of thioether (sulfide) groups is 1. The molecule has 0 spiro atoms. The second-order valence-corrected chi connectivity index (χ2v) is 5.36. The summed E-state index contributed by atoms with van der Waals surface area (Å²) in [5.74, 6) is -0.0914. The summed E-state index contributed by atoms with van der Waals surface area (Å²) >= 11 is 1.51. The highest BCUT2D eigenvalue weighted by atomic mass is 32.2. The third-order valence-corrected chi connectivity index (χ3v) is 3.59. The first kappa shape index (κ1) is 12.0. The molecule has 17 heavy (non-hydrogen) atoms. The lowest BCUT2D eigenvalue weighted by Crippen LogP contribution is -2.45. The van der Waals surface area contributed by atoms with E-state index in [4.69, 9.17) is 10.00 Å². The molecule has 1 N–H and O–H groups in total. The number of carbonyl (C=O) groups is 1. The molecule has 1 fully saturated rings. The van der Waals surface area contributed by atoms with Crippen LogP contribution in [0, 0.1) is 11.3 Å². The van der Waals surface area contributed by atoms with E-state index in [1.807, 2.05) is 24.3 Å². The molecule has 1 saturated heterocycles. The first-order valence-electron chi connectivity index (χ1n) is 5.19. The molecule has 0 saturated carbocycles. The summed E-state index contributed by atoms with van der Waals surface area (Å²) in [6, 6.07) is 9.73. The number of hydrogen-bond acceptors (Lipinski definition) is 4. The summed E-state index contributed by atoms with van der Waals surface area (Å²) in [6.45, 7) is 2.42.